The molecule has 1 aromatic heterocycles. The Hall–Kier alpha value is -1.52. The van der Waals surface area contributed by atoms with E-state index in [2.05, 4.69) is 4.98 Å². The summed E-state index contributed by atoms with van der Waals surface area (Å²) in [5.74, 6) is 1.36. The van der Waals surface area contributed by atoms with Gasteiger partial charge in [0.1, 0.15) is 11.4 Å². The van der Waals surface area contributed by atoms with E-state index in [-0.39, 0.29) is 6.09 Å². The van der Waals surface area contributed by atoms with Crippen LogP contribution in [0.5, 0.6) is 0 Å². The number of imidazole rings is 1. The van der Waals surface area contributed by atoms with Gasteiger partial charge >= 0.3 is 6.09 Å². The van der Waals surface area contributed by atoms with Crippen LogP contribution in [0.4, 0.5) is 4.79 Å². The van der Waals surface area contributed by atoms with E-state index in [1.54, 1.807) is 4.90 Å². The summed E-state index contributed by atoms with van der Waals surface area (Å²) in [4.78, 5) is 18.3. The number of aryl methyl sites for hydroxylation is 1. The maximum atomic E-state index is 12.1. The van der Waals surface area contributed by atoms with E-state index < -0.39 is 5.60 Å². The molecule has 0 aliphatic carbocycles. The van der Waals surface area contributed by atoms with Gasteiger partial charge in [0, 0.05) is 38.4 Å². The van der Waals surface area contributed by atoms with E-state index in [1.807, 2.05) is 44.8 Å². The molecule has 5 nitrogen and oxygen atoms in total. The fourth-order valence-electron chi connectivity index (χ4n) is 2.45. The Balaban J connectivity index is 2.01. The molecule has 0 N–H and O–H groups in total. The van der Waals surface area contributed by atoms with Gasteiger partial charge < -0.3 is 14.2 Å². The van der Waals surface area contributed by atoms with Gasteiger partial charge in [0.05, 0.1) is 0 Å². The van der Waals surface area contributed by atoms with Crippen molar-refractivity contribution in [2.75, 3.05) is 13.1 Å². The Morgan fingerprint density at radius 2 is 2.21 bits per heavy atom. The van der Waals surface area contributed by atoms with Crippen molar-refractivity contribution in [2.24, 2.45) is 7.05 Å². The average Bonchev–Trinajstić information content (AvgIpc) is 2.73. The van der Waals surface area contributed by atoms with Crippen molar-refractivity contribution >= 4 is 6.09 Å². The van der Waals surface area contributed by atoms with Gasteiger partial charge in [-0.2, -0.15) is 0 Å². The molecule has 1 aliphatic heterocycles. The summed E-state index contributed by atoms with van der Waals surface area (Å²) in [6.45, 7) is 7.15. The lowest BCUT2D eigenvalue weighted by atomic mass is 9.97. The first-order chi connectivity index (χ1) is 8.87. The number of carbonyl (C=O) groups is 1. The van der Waals surface area contributed by atoms with Crippen LogP contribution in [0.2, 0.25) is 0 Å². The monoisotopic (exact) mass is 265 g/mol. The standard InChI is InChI=1S/C14H23N3O2/c1-14(2,3)19-13(18)17-8-5-6-11(10-17)12-15-7-9-16(12)4/h7,9,11H,5-6,8,10H2,1-4H3. The van der Waals surface area contributed by atoms with Crippen molar-refractivity contribution < 1.29 is 9.53 Å². The Bertz CT molecular complexity index is 448. The predicted octanol–water partition coefficient (Wildman–Crippen LogP) is 2.53. The van der Waals surface area contributed by atoms with Gasteiger partial charge in [0.2, 0.25) is 0 Å². The molecule has 5 heteroatoms. The lowest BCUT2D eigenvalue weighted by molar-refractivity contribution is 0.0195. The molecular formula is C14H23N3O2. The quantitative estimate of drug-likeness (QED) is 0.784. The van der Waals surface area contributed by atoms with E-state index in [4.69, 9.17) is 4.74 Å². The summed E-state index contributed by atoms with van der Waals surface area (Å²) in [6.07, 6.45) is 5.61. The van der Waals surface area contributed by atoms with E-state index in [0.29, 0.717) is 12.5 Å². The highest BCUT2D eigenvalue weighted by Crippen LogP contribution is 2.26. The molecule has 0 spiro atoms. The molecule has 1 saturated heterocycles. The molecule has 1 unspecified atom stereocenters. The minimum atomic E-state index is -0.437. The average molecular weight is 265 g/mol. The molecule has 1 atom stereocenters. The largest absolute Gasteiger partial charge is 0.444 e. The van der Waals surface area contributed by atoms with Crippen LogP contribution in [-0.4, -0.2) is 39.2 Å². The van der Waals surface area contributed by atoms with Crippen LogP contribution in [0.1, 0.15) is 45.4 Å². The number of amides is 1. The van der Waals surface area contributed by atoms with Gasteiger partial charge in [-0.3, -0.25) is 0 Å². The second-order valence-electron chi connectivity index (χ2n) is 6.16. The third-order valence-electron chi connectivity index (χ3n) is 3.30. The first-order valence-corrected chi connectivity index (χ1v) is 6.82. The van der Waals surface area contributed by atoms with E-state index in [0.717, 1.165) is 25.2 Å². The zero-order valence-corrected chi connectivity index (χ0v) is 12.2. The normalized spacial score (nSPS) is 20.4. The van der Waals surface area contributed by atoms with Crippen LogP contribution in [0.25, 0.3) is 0 Å². The fraction of sp³-hybridized carbons (Fsp3) is 0.714. The van der Waals surface area contributed by atoms with Crippen molar-refractivity contribution in [2.45, 2.75) is 45.1 Å². The molecule has 1 fully saturated rings. The molecule has 2 rings (SSSR count). The third kappa shape index (κ3) is 3.49. The first kappa shape index (κ1) is 13.9. The number of hydrogen-bond acceptors (Lipinski definition) is 3. The summed E-state index contributed by atoms with van der Waals surface area (Å²) in [6, 6.07) is 0. The van der Waals surface area contributed by atoms with Crippen LogP contribution in [0, 0.1) is 0 Å². The smallest absolute Gasteiger partial charge is 0.410 e. The van der Waals surface area contributed by atoms with Crippen molar-refractivity contribution in [3.63, 3.8) is 0 Å². The first-order valence-electron chi connectivity index (χ1n) is 6.82. The number of ether oxygens (including phenoxy) is 1. The zero-order valence-electron chi connectivity index (χ0n) is 12.2. The van der Waals surface area contributed by atoms with Crippen molar-refractivity contribution in [1.29, 1.82) is 0 Å². The molecule has 1 aromatic rings. The minimum Gasteiger partial charge on any atom is -0.444 e. The molecule has 106 valence electrons. The van der Waals surface area contributed by atoms with Crippen LogP contribution in [-0.2, 0) is 11.8 Å². The maximum Gasteiger partial charge on any atom is 0.410 e. The fourth-order valence-corrected chi connectivity index (χ4v) is 2.45. The Labute approximate surface area is 114 Å². The zero-order chi connectivity index (χ0) is 14.0. The van der Waals surface area contributed by atoms with Crippen LogP contribution in [0.15, 0.2) is 12.4 Å². The molecule has 1 aliphatic rings. The summed E-state index contributed by atoms with van der Waals surface area (Å²) in [5.41, 5.74) is -0.437. The molecule has 0 bridgehead atoms. The van der Waals surface area contributed by atoms with E-state index in [1.165, 1.54) is 0 Å². The van der Waals surface area contributed by atoms with Crippen molar-refractivity contribution in [3.05, 3.63) is 18.2 Å². The molecule has 0 aromatic carbocycles. The Morgan fingerprint density at radius 1 is 1.47 bits per heavy atom. The third-order valence-corrected chi connectivity index (χ3v) is 3.30. The van der Waals surface area contributed by atoms with E-state index in [9.17, 15) is 4.79 Å². The van der Waals surface area contributed by atoms with Gasteiger partial charge in [0.25, 0.3) is 0 Å². The number of nitrogens with zero attached hydrogens (tertiary/aromatic N) is 3. The van der Waals surface area contributed by atoms with Crippen molar-refractivity contribution in [1.82, 2.24) is 14.5 Å². The summed E-state index contributed by atoms with van der Waals surface area (Å²) < 4.78 is 7.46. The van der Waals surface area contributed by atoms with E-state index >= 15 is 0 Å². The number of aromatic nitrogens is 2. The van der Waals surface area contributed by atoms with Gasteiger partial charge in [0.15, 0.2) is 0 Å². The minimum absolute atomic E-state index is 0.216. The molecular weight excluding hydrogens is 242 g/mol. The van der Waals surface area contributed by atoms with Gasteiger partial charge in [-0.1, -0.05) is 0 Å². The number of rotatable bonds is 1. The highest BCUT2D eigenvalue weighted by atomic mass is 16.6. The topological polar surface area (TPSA) is 47.4 Å². The van der Waals surface area contributed by atoms with Gasteiger partial charge in [-0.05, 0) is 33.6 Å². The Morgan fingerprint density at radius 3 is 2.79 bits per heavy atom. The number of hydrogen-bond donors (Lipinski definition) is 0. The van der Waals surface area contributed by atoms with Crippen LogP contribution >= 0.6 is 0 Å². The van der Waals surface area contributed by atoms with Crippen LogP contribution in [0.3, 0.4) is 0 Å². The van der Waals surface area contributed by atoms with Crippen molar-refractivity contribution in [3.8, 4) is 0 Å². The lowest BCUT2D eigenvalue weighted by Gasteiger charge is -2.33. The number of carbonyl (C=O) groups excluding carboxylic acids is 1. The summed E-state index contributed by atoms with van der Waals surface area (Å²) >= 11 is 0. The molecule has 1 amide bonds. The predicted molar refractivity (Wildman–Crippen MR) is 73.0 cm³/mol. The van der Waals surface area contributed by atoms with Gasteiger partial charge in [-0.15, -0.1) is 0 Å². The Kier molecular flexibility index (Phi) is 3.83. The SMILES string of the molecule is Cn1ccnc1C1CCCN(C(=O)OC(C)(C)C)C1. The highest BCUT2D eigenvalue weighted by molar-refractivity contribution is 5.68. The van der Waals surface area contributed by atoms with Crippen LogP contribution < -0.4 is 0 Å². The summed E-state index contributed by atoms with van der Waals surface area (Å²) in [5, 5.41) is 0. The maximum absolute atomic E-state index is 12.1. The molecule has 19 heavy (non-hydrogen) atoms. The molecule has 0 radical (unpaired) electrons. The molecule has 2 heterocycles. The second-order valence-corrected chi connectivity index (χ2v) is 6.16. The number of piperidine rings is 1. The second kappa shape index (κ2) is 5.23. The van der Waals surface area contributed by atoms with Gasteiger partial charge in [-0.25, -0.2) is 9.78 Å². The lowest BCUT2D eigenvalue weighted by Crippen LogP contribution is -2.42. The number of likely N-dealkylation sites (tertiary alicyclic amines) is 1. The summed E-state index contributed by atoms with van der Waals surface area (Å²) in [7, 11) is 1.99. The highest BCUT2D eigenvalue weighted by Gasteiger charge is 2.29. The molecule has 0 saturated carbocycles.